The number of amides is 9. The molecule has 0 saturated carbocycles. The first-order valence-corrected chi connectivity index (χ1v) is 40.4. The van der Waals surface area contributed by atoms with Crippen molar-refractivity contribution in [3.8, 4) is 57.1 Å². The summed E-state index contributed by atoms with van der Waals surface area (Å²) in [5.41, 5.74) is 4.31. The molecule has 18 atom stereocenters. The van der Waals surface area contributed by atoms with Crippen molar-refractivity contribution >= 4 is 99.9 Å². The van der Waals surface area contributed by atoms with Gasteiger partial charge in [-0.25, -0.2) is 9.80 Å². The second kappa shape index (κ2) is 39.3. The Morgan fingerprint density at radius 3 is 1.99 bits per heavy atom. The molecule has 9 amide bonds. The molecule has 0 radical (unpaired) electrons. The zero-order chi connectivity index (χ0) is 90.5. The van der Waals surface area contributed by atoms with Gasteiger partial charge in [-0.3, -0.25) is 53.1 Å². The Labute approximate surface area is 727 Å². The number of phenolic OH excluding ortho intramolecular Hbond substituents is 3. The van der Waals surface area contributed by atoms with Gasteiger partial charge in [0.05, 0.1) is 41.3 Å². The summed E-state index contributed by atoms with van der Waals surface area (Å²) in [6.07, 6.45) is -15.3. The number of likely N-dealkylation sites (N-methyl/N-ethyl adjacent to an activating group) is 1. The Bertz CT molecular complexity index is 5380. The van der Waals surface area contributed by atoms with Crippen molar-refractivity contribution in [3.05, 3.63) is 180 Å². The topological polar surface area (TPSA) is 576 Å². The first-order valence-electron chi connectivity index (χ1n) is 39.3. The minimum absolute atomic E-state index is 0.0314. The maximum atomic E-state index is 16.3. The number of halogens is 3. The molecule has 11 bridgehead atoms. The molecular formula is C83H93Cl3N14O25. The van der Waals surface area contributed by atoms with Crippen LogP contribution >= 0.6 is 34.8 Å². The van der Waals surface area contributed by atoms with Crippen LogP contribution in [0.15, 0.2) is 126 Å². The second-order valence-electron chi connectivity index (χ2n) is 31.2. The van der Waals surface area contributed by atoms with Gasteiger partial charge >= 0.3 is 5.69 Å². The van der Waals surface area contributed by atoms with Gasteiger partial charge in [0.2, 0.25) is 59.3 Å². The van der Waals surface area contributed by atoms with Crippen molar-refractivity contribution in [2.45, 2.75) is 163 Å². The Kier molecular flexibility index (Phi) is 29.1. The zero-order valence-electron chi connectivity index (χ0n) is 67.9. The SMILES string of the molecule is CNC(CC(C)C)C(=O)NC1C(=O)NC(CC(N)=O)C(=O)NC2C(=O)NC3C(=O)NC(C(=O)N[C@@H](C(=O)NN(C)C)c4cc(O)cc(O)c4-c4cc3ccc4O)C(O)c3ccc(c(Cl)c3)Oc3cc2cc(c3OC2OC(CO)C(O)C(O)C2OC2C[C@@](C)(NCCn3ccc(NC(=O)/C=C/c4ccc(Cl)cc4)nc3=O)C(O)C(C)O2)Oc2ccc(cc2Cl)C1O. The predicted octanol–water partition coefficient (Wildman–Crippen LogP) is 1.81. The summed E-state index contributed by atoms with van der Waals surface area (Å²) in [4.78, 5) is 150. The number of carbonyl (C=O) groups excluding carboxylic acids is 9. The molecule has 0 spiro atoms. The molecule has 125 heavy (non-hydrogen) atoms. The number of aliphatic hydroxyl groups excluding tert-OH is 6. The molecule has 16 unspecified atom stereocenters. The van der Waals surface area contributed by atoms with Gasteiger partial charge in [-0.1, -0.05) is 79.0 Å². The van der Waals surface area contributed by atoms with Crippen molar-refractivity contribution in [1.82, 2.24) is 62.5 Å². The van der Waals surface area contributed by atoms with E-state index in [1.165, 1.54) is 80.3 Å². The van der Waals surface area contributed by atoms with Crippen LogP contribution < -0.4 is 78.9 Å². The molecule has 2 fully saturated rings. The van der Waals surface area contributed by atoms with Crippen molar-refractivity contribution in [2.75, 3.05) is 39.6 Å². The van der Waals surface area contributed by atoms with E-state index < -0.39 is 243 Å². The molecule has 42 heteroatoms. The number of nitrogens with zero attached hydrogens (tertiary/aromatic N) is 3. The number of aliphatic hydroxyl groups is 6. The van der Waals surface area contributed by atoms with E-state index in [1.807, 2.05) is 13.8 Å². The molecule has 8 heterocycles. The van der Waals surface area contributed by atoms with E-state index in [4.69, 9.17) is 69.0 Å². The van der Waals surface area contributed by atoms with Crippen LogP contribution in [-0.4, -0.2) is 227 Å². The number of benzene rings is 6. The minimum atomic E-state index is -2.38. The van der Waals surface area contributed by atoms with Gasteiger partial charge in [-0.05, 0) is 145 Å². The summed E-state index contributed by atoms with van der Waals surface area (Å²) in [5.74, 6) is -15.8. The van der Waals surface area contributed by atoms with E-state index in [-0.39, 0.29) is 70.7 Å². The summed E-state index contributed by atoms with van der Waals surface area (Å²) in [6, 6.07) is 7.98. The maximum absolute atomic E-state index is 16.3. The van der Waals surface area contributed by atoms with Crippen LogP contribution in [-0.2, 0) is 63.9 Å². The van der Waals surface area contributed by atoms with E-state index in [0.717, 1.165) is 60.7 Å². The highest BCUT2D eigenvalue weighted by molar-refractivity contribution is 6.32. The monoisotopic (exact) mass is 1790 g/mol. The third kappa shape index (κ3) is 21.3. The predicted molar refractivity (Wildman–Crippen MR) is 445 cm³/mol. The Balaban J connectivity index is 0.998. The molecule has 6 aromatic carbocycles. The molecule has 21 N–H and O–H groups in total. The van der Waals surface area contributed by atoms with Crippen LogP contribution in [0.1, 0.15) is 111 Å². The Morgan fingerprint density at radius 1 is 0.728 bits per heavy atom. The lowest BCUT2D eigenvalue weighted by atomic mass is 9.85. The fourth-order valence-electron chi connectivity index (χ4n) is 15.0. The molecule has 2 saturated heterocycles. The lowest BCUT2D eigenvalue weighted by Gasteiger charge is -2.48. The standard InChI is InChI=1S/C83H93Cl3N14O25/c1-35(2)24-48(88-5)74(112)96-65-67(107)39-12-17-52(46(85)26-39)121-54-28-41-29-55(71(54)125-81-72(70(110)69(109)56(34-101)123-81)124-60-33-83(4,73(111)36(3)120-60)89-21-23-100-22-20-58(92-82(100)119)91-59(106)19-10-37-8-14-42(84)15-9-37)122-53-18-13-40(27-47(53)86)68(108)66-79(117)95-64(80(118)98-99(6)7)45-30-43(102)31-51(104)61(45)44-25-38(11-16-50(44)103)62(76(114)97-66)94-77(115)63(41)93-75(113)49(32-57(87)105)90-78(65)116/h8-20,22,25-31,35-36,48-49,56,60,62-70,72-73,81,88-89,101-104,107-111H,21,23-24,32-34H2,1-7H3,(H2,87,105)(H,90,116)(H,93,113)(H,94,115)(H,95,117)(H,96,112)(H,97,114)(H,98,118)(H,91,92,106,119)/b19-10+/t36?,48?,49?,56?,60?,62?,63?,64-,65?,66?,67?,68?,69?,70?,72?,73?,81?,83-/m1/s1. The van der Waals surface area contributed by atoms with Crippen LogP contribution in [0.2, 0.25) is 15.1 Å². The molecule has 1 aromatic heterocycles. The zero-order valence-corrected chi connectivity index (χ0v) is 70.1. The number of hydrogen-bond acceptors (Lipinski definition) is 29. The fraction of sp³-hybridized carbons (Fsp3) is 0.386. The first-order chi connectivity index (χ1) is 59.3. The number of nitrogens with one attached hydrogen (secondary N) is 10. The van der Waals surface area contributed by atoms with Gasteiger partial charge in [-0.15, -0.1) is 0 Å². The molecule has 7 aliphatic heterocycles. The van der Waals surface area contributed by atoms with Gasteiger partial charge in [0.15, 0.2) is 23.9 Å². The number of carbonyl (C=O) groups is 9. The quantitative estimate of drug-likeness (QED) is 0.0360. The normalized spacial score (nSPS) is 26.0. The number of nitrogens with two attached hydrogens (primary N) is 1. The third-order valence-corrected chi connectivity index (χ3v) is 22.2. The van der Waals surface area contributed by atoms with Crippen molar-refractivity contribution in [2.24, 2.45) is 11.7 Å². The number of aromatic hydroxyl groups is 3. The smallest absolute Gasteiger partial charge is 0.349 e. The molecule has 39 nitrogen and oxygen atoms in total. The Morgan fingerprint density at radius 2 is 1.37 bits per heavy atom. The van der Waals surface area contributed by atoms with Crippen molar-refractivity contribution in [1.29, 1.82) is 0 Å². The molecule has 0 aliphatic carbocycles. The number of ether oxygens (including phenoxy) is 6. The van der Waals surface area contributed by atoms with Gasteiger partial charge in [0.25, 0.3) is 5.91 Å². The van der Waals surface area contributed by atoms with Gasteiger partial charge < -0.3 is 128 Å². The van der Waals surface area contributed by atoms with Gasteiger partial charge in [0.1, 0.15) is 101 Å². The molecule has 14 rings (SSSR count). The summed E-state index contributed by atoms with van der Waals surface area (Å²) in [6.45, 7) is 5.63. The minimum Gasteiger partial charge on any atom is -0.508 e. The number of anilines is 1. The second-order valence-corrected chi connectivity index (χ2v) is 32.5. The van der Waals surface area contributed by atoms with Crippen LogP contribution in [0, 0.1) is 5.92 Å². The summed E-state index contributed by atoms with van der Waals surface area (Å²) in [5, 5.41) is 131. The average Bonchev–Trinajstić information content (AvgIpc) is 0.766. The number of primary amides is 1. The van der Waals surface area contributed by atoms with E-state index in [2.05, 4.69) is 58.3 Å². The van der Waals surface area contributed by atoms with Crippen molar-refractivity contribution in [3.63, 3.8) is 0 Å². The lowest BCUT2D eigenvalue weighted by molar-refractivity contribution is -0.334. The fourth-order valence-corrected chi connectivity index (χ4v) is 15.6. The van der Waals surface area contributed by atoms with Gasteiger partial charge in [0, 0.05) is 73.6 Å². The highest BCUT2D eigenvalue weighted by Gasteiger charge is 2.52. The summed E-state index contributed by atoms with van der Waals surface area (Å²) in [7, 11) is 4.29. The van der Waals surface area contributed by atoms with E-state index in [9.17, 15) is 69.9 Å². The molecule has 666 valence electrons. The highest BCUT2D eigenvalue weighted by atomic mass is 35.5. The van der Waals surface area contributed by atoms with Gasteiger partial charge in [-0.2, -0.15) is 4.98 Å². The molecule has 7 aromatic rings. The maximum Gasteiger partial charge on any atom is 0.349 e. The number of rotatable bonds is 21. The van der Waals surface area contributed by atoms with Crippen LogP contribution in [0.3, 0.4) is 0 Å². The number of hydrogen-bond donors (Lipinski definition) is 20. The van der Waals surface area contributed by atoms with Crippen LogP contribution in [0.5, 0.6) is 46.0 Å². The first kappa shape index (κ1) is 92.5. The largest absolute Gasteiger partial charge is 0.508 e. The number of aromatic nitrogens is 2. The number of hydrazine groups is 1. The summed E-state index contributed by atoms with van der Waals surface area (Å²) >= 11 is 20.4. The molecule has 7 aliphatic rings. The van der Waals surface area contributed by atoms with Crippen LogP contribution in [0.25, 0.3) is 17.2 Å². The number of fused-ring (bicyclic) bond motifs is 15. The summed E-state index contributed by atoms with van der Waals surface area (Å²) < 4.78 is 40.7. The van der Waals surface area contributed by atoms with E-state index in [1.54, 1.807) is 31.2 Å². The molecular weight excluding hydrogens is 1700 g/mol. The Hall–Kier alpha value is -11.6. The van der Waals surface area contributed by atoms with E-state index >= 15 is 24.0 Å². The lowest BCUT2D eigenvalue weighted by Crippen LogP contribution is -2.65. The van der Waals surface area contributed by atoms with E-state index in [0.29, 0.717) is 10.6 Å². The average molecular weight is 1790 g/mol. The highest BCUT2D eigenvalue weighted by Crippen LogP contribution is 2.50. The third-order valence-electron chi connectivity index (χ3n) is 21.4. The van der Waals surface area contributed by atoms with Crippen molar-refractivity contribution < 1.29 is 118 Å². The number of phenols is 3. The van der Waals surface area contributed by atoms with Crippen LogP contribution in [0.4, 0.5) is 5.82 Å².